The van der Waals surface area contributed by atoms with Crippen LogP contribution in [-0.4, -0.2) is 5.91 Å². The molecule has 0 aliphatic carbocycles. The van der Waals surface area contributed by atoms with Crippen LogP contribution in [0.3, 0.4) is 0 Å². The maximum atomic E-state index is 12.3. The fraction of sp³-hybridized carbons (Fsp3) is 0.105. The van der Waals surface area contributed by atoms with Crippen molar-refractivity contribution in [2.75, 3.05) is 5.32 Å². The van der Waals surface area contributed by atoms with Crippen molar-refractivity contribution in [1.29, 1.82) is 0 Å². The van der Waals surface area contributed by atoms with Gasteiger partial charge in [0.05, 0.1) is 5.92 Å². The molecule has 0 aliphatic rings. The molecule has 0 saturated carbocycles. The number of benzene rings is 3. The van der Waals surface area contributed by atoms with Crippen molar-refractivity contribution in [2.24, 2.45) is 0 Å². The number of para-hydroxylation sites is 1. The third-order valence-corrected chi connectivity index (χ3v) is 3.71. The van der Waals surface area contributed by atoms with E-state index in [1.165, 1.54) is 5.39 Å². The lowest BCUT2D eigenvalue weighted by Gasteiger charge is -2.13. The van der Waals surface area contributed by atoms with Crippen molar-refractivity contribution in [3.63, 3.8) is 0 Å². The lowest BCUT2D eigenvalue weighted by Crippen LogP contribution is -2.18. The molecule has 3 aromatic rings. The van der Waals surface area contributed by atoms with E-state index in [0.29, 0.717) is 0 Å². The zero-order valence-electron chi connectivity index (χ0n) is 11.9. The normalized spacial score (nSPS) is 12.0. The third kappa shape index (κ3) is 2.95. The monoisotopic (exact) mass is 275 g/mol. The molecule has 0 aliphatic heterocycles. The molecule has 0 heterocycles. The van der Waals surface area contributed by atoms with Crippen LogP contribution in [0.2, 0.25) is 0 Å². The van der Waals surface area contributed by atoms with Gasteiger partial charge >= 0.3 is 0 Å². The minimum Gasteiger partial charge on any atom is -0.326 e. The number of hydrogen-bond donors (Lipinski definition) is 1. The van der Waals surface area contributed by atoms with E-state index in [2.05, 4.69) is 29.6 Å². The fourth-order valence-corrected chi connectivity index (χ4v) is 2.40. The molecule has 1 amide bonds. The molecule has 2 heteroatoms. The van der Waals surface area contributed by atoms with Crippen molar-refractivity contribution < 1.29 is 4.79 Å². The Labute approximate surface area is 124 Å². The number of carbonyl (C=O) groups excluding carboxylic acids is 1. The molecule has 1 atom stereocenters. The van der Waals surface area contributed by atoms with E-state index in [-0.39, 0.29) is 11.8 Å². The lowest BCUT2D eigenvalue weighted by molar-refractivity contribution is -0.117. The summed E-state index contributed by atoms with van der Waals surface area (Å²) in [7, 11) is 0. The van der Waals surface area contributed by atoms with Crippen LogP contribution >= 0.6 is 0 Å². The summed E-state index contributed by atoms with van der Waals surface area (Å²) in [6.07, 6.45) is 0. The summed E-state index contributed by atoms with van der Waals surface area (Å²) >= 11 is 0. The van der Waals surface area contributed by atoms with E-state index in [1.807, 2.05) is 55.5 Å². The first-order valence-electron chi connectivity index (χ1n) is 7.08. The highest BCUT2D eigenvalue weighted by Crippen LogP contribution is 2.23. The van der Waals surface area contributed by atoms with Gasteiger partial charge < -0.3 is 5.32 Å². The predicted octanol–water partition coefficient (Wildman–Crippen LogP) is 4.58. The molecule has 1 unspecified atom stereocenters. The van der Waals surface area contributed by atoms with Gasteiger partial charge in [0.2, 0.25) is 5.91 Å². The van der Waals surface area contributed by atoms with E-state index in [0.717, 1.165) is 16.6 Å². The minimum atomic E-state index is -0.185. The van der Waals surface area contributed by atoms with Gasteiger partial charge in [-0.2, -0.15) is 0 Å². The maximum Gasteiger partial charge on any atom is 0.231 e. The van der Waals surface area contributed by atoms with Gasteiger partial charge in [-0.25, -0.2) is 0 Å². The Kier molecular flexibility index (Phi) is 3.69. The second-order valence-corrected chi connectivity index (χ2v) is 5.18. The Morgan fingerprint density at radius 2 is 1.52 bits per heavy atom. The molecule has 0 fully saturated rings. The number of anilines is 1. The number of fused-ring (bicyclic) bond motifs is 1. The van der Waals surface area contributed by atoms with Crippen LogP contribution in [0.15, 0.2) is 72.8 Å². The molecule has 3 aromatic carbocycles. The van der Waals surface area contributed by atoms with Crippen molar-refractivity contribution >= 4 is 22.4 Å². The smallest absolute Gasteiger partial charge is 0.231 e. The molecule has 0 radical (unpaired) electrons. The van der Waals surface area contributed by atoms with Gasteiger partial charge in [0, 0.05) is 5.69 Å². The van der Waals surface area contributed by atoms with Gasteiger partial charge in [0.15, 0.2) is 0 Å². The highest BCUT2D eigenvalue weighted by atomic mass is 16.1. The zero-order chi connectivity index (χ0) is 14.7. The summed E-state index contributed by atoms with van der Waals surface area (Å²) in [5.74, 6) is -0.175. The number of rotatable bonds is 3. The van der Waals surface area contributed by atoms with E-state index in [9.17, 15) is 4.79 Å². The van der Waals surface area contributed by atoms with Crippen LogP contribution in [0.5, 0.6) is 0 Å². The second kappa shape index (κ2) is 5.80. The van der Waals surface area contributed by atoms with Gasteiger partial charge in [-0.05, 0) is 35.4 Å². The van der Waals surface area contributed by atoms with E-state index >= 15 is 0 Å². The highest BCUT2D eigenvalue weighted by Gasteiger charge is 2.15. The van der Waals surface area contributed by atoms with Crippen LogP contribution in [0.4, 0.5) is 5.69 Å². The van der Waals surface area contributed by atoms with Crippen LogP contribution in [0.25, 0.3) is 10.8 Å². The Balaban J connectivity index is 1.82. The summed E-state index contributed by atoms with van der Waals surface area (Å²) < 4.78 is 0. The Morgan fingerprint density at radius 3 is 2.29 bits per heavy atom. The first kappa shape index (κ1) is 13.4. The molecule has 0 saturated heterocycles. The highest BCUT2D eigenvalue weighted by molar-refractivity contribution is 5.96. The van der Waals surface area contributed by atoms with E-state index in [4.69, 9.17) is 0 Å². The van der Waals surface area contributed by atoms with Gasteiger partial charge in [0.25, 0.3) is 0 Å². The average Bonchev–Trinajstić information content (AvgIpc) is 2.54. The second-order valence-electron chi connectivity index (χ2n) is 5.18. The van der Waals surface area contributed by atoms with E-state index in [1.54, 1.807) is 0 Å². The summed E-state index contributed by atoms with van der Waals surface area (Å²) in [6, 6.07) is 23.9. The van der Waals surface area contributed by atoms with Crippen molar-refractivity contribution in [1.82, 2.24) is 0 Å². The van der Waals surface area contributed by atoms with Gasteiger partial charge in [-0.15, -0.1) is 0 Å². The standard InChI is InChI=1S/C19H17NO/c1-14(19(21)20-18-9-3-2-4-10-18)16-12-11-15-7-5-6-8-17(15)13-16/h2-14H,1H3,(H,20,21). The summed E-state index contributed by atoms with van der Waals surface area (Å²) in [4.78, 5) is 12.3. The molecule has 104 valence electrons. The van der Waals surface area contributed by atoms with Gasteiger partial charge in [-0.3, -0.25) is 4.79 Å². The van der Waals surface area contributed by atoms with Gasteiger partial charge in [-0.1, -0.05) is 60.7 Å². The van der Waals surface area contributed by atoms with Crippen molar-refractivity contribution in [3.8, 4) is 0 Å². The van der Waals surface area contributed by atoms with E-state index < -0.39 is 0 Å². The molecular formula is C19H17NO. The van der Waals surface area contributed by atoms with Crippen molar-refractivity contribution in [2.45, 2.75) is 12.8 Å². The largest absolute Gasteiger partial charge is 0.326 e. The molecule has 2 nitrogen and oxygen atoms in total. The SMILES string of the molecule is CC(C(=O)Nc1ccccc1)c1ccc2ccccc2c1. The van der Waals surface area contributed by atoms with Crippen LogP contribution in [0, 0.1) is 0 Å². The zero-order valence-corrected chi connectivity index (χ0v) is 11.9. The first-order valence-corrected chi connectivity index (χ1v) is 7.08. The number of carbonyl (C=O) groups is 1. The molecule has 21 heavy (non-hydrogen) atoms. The van der Waals surface area contributed by atoms with Crippen LogP contribution in [0.1, 0.15) is 18.4 Å². The number of nitrogens with one attached hydrogen (secondary N) is 1. The molecule has 1 N–H and O–H groups in total. The molecule has 0 aromatic heterocycles. The molecule has 3 rings (SSSR count). The average molecular weight is 275 g/mol. The number of amides is 1. The Hall–Kier alpha value is -2.61. The van der Waals surface area contributed by atoms with Crippen LogP contribution in [-0.2, 0) is 4.79 Å². The van der Waals surface area contributed by atoms with Gasteiger partial charge in [0.1, 0.15) is 0 Å². The molecule has 0 spiro atoms. The molecular weight excluding hydrogens is 258 g/mol. The Morgan fingerprint density at radius 1 is 0.857 bits per heavy atom. The third-order valence-electron chi connectivity index (χ3n) is 3.71. The van der Waals surface area contributed by atoms with Crippen molar-refractivity contribution in [3.05, 3.63) is 78.4 Å². The summed E-state index contributed by atoms with van der Waals surface area (Å²) in [5, 5.41) is 5.30. The maximum absolute atomic E-state index is 12.3. The molecule has 0 bridgehead atoms. The topological polar surface area (TPSA) is 29.1 Å². The first-order chi connectivity index (χ1) is 10.2. The van der Waals surface area contributed by atoms with Crippen LogP contribution < -0.4 is 5.32 Å². The lowest BCUT2D eigenvalue weighted by atomic mass is 9.97. The predicted molar refractivity (Wildman–Crippen MR) is 87.4 cm³/mol. The number of hydrogen-bond acceptors (Lipinski definition) is 1. The quantitative estimate of drug-likeness (QED) is 0.744. The minimum absolute atomic E-state index is 0.0106. The summed E-state index contributed by atoms with van der Waals surface area (Å²) in [5.41, 5.74) is 1.86. The summed E-state index contributed by atoms with van der Waals surface area (Å²) in [6.45, 7) is 1.93. The Bertz CT molecular complexity index is 765. The fourth-order valence-electron chi connectivity index (χ4n) is 2.40.